The summed E-state index contributed by atoms with van der Waals surface area (Å²) in [6.45, 7) is 5.20. The summed E-state index contributed by atoms with van der Waals surface area (Å²) in [6.07, 6.45) is 0.893. The Kier molecular flexibility index (Phi) is 6.35. The molecule has 1 nitrogen and oxygen atoms in total. The molecule has 1 N–H and O–H groups in total. The fraction of sp³-hybridized carbons (Fsp3) is 0.294. The number of aryl methyl sites for hydroxylation is 1. The van der Waals surface area contributed by atoms with Crippen molar-refractivity contribution in [1.29, 1.82) is 0 Å². The molecule has 4 heteroatoms. The Morgan fingerprint density at radius 3 is 2.57 bits per heavy atom. The van der Waals surface area contributed by atoms with E-state index in [-0.39, 0.29) is 6.04 Å². The van der Waals surface area contributed by atoms with E-state index in [2.05, 4.69) is 60.0 Å². The molecule has 112 valence electrons. The van der Waals surface area contributed by atoms with Gasteiger partial charge in [-0.1, -0.05) is 54.4 Å². The van der Waals surface area contributed by atoms with Gasteiger partial charge in [0.1, 0.15) is 0 Å². The summed E-state index contributed by atoms with van der Waals surface area (Å²) in [5.41, 5.74) is 3.83. The van der Waals surface area contributed by atoms with Gasteiger partial charge in [-0.2, -0.15) is 0 Å². The number of likely N-dealkylation sites (N-methyl/N-ethyl adjacent to an activating group) is 1. The van der Waals surface area contributed by atoms with Crippen molar-refractivity contribution < 1.29 is 0 Å². The van der Waals surface area contributed by atoms with Crippen LogP contribution in [0.25, 0.3) is 0 Å². The maximum atomic E-state index is 6.12. The Morgan fingerprint density at radius 2 is 1.90 bits per heavy atom. The predicted molar refractivity (Wildman–Crippen MR) is 100 cm³/mol. The van der Waals surface area contributed by atoms with Crippen molar-refractivity contribution >= 4 is 45.8 Å². The van der Waals surface area contributed by atoms with Crippen molar-refractivity contribution in [3.63, 3.8) is 0 Å². The lowest BCUT2D eigenvalue weighted by Gasteiger charge is -2.21. The lowest BCUT2D eigenvalue weighted by atomic mass is 9.97. The molecule has 0 aliphatic heterocycles. The highest BCUT2D eigenvalue weighted by Gasteiger charge is 2.15. The second-order valence-corrected chi connectivity index (χ2v) is 6.93. The van der Waals surface area contributed by atoms with Crippen molar-refractivity contribution in [3.8, 4) is 0 Å². The minimum absolute atomic E-state index is 0.277. The Morgan fingerprint density at radius 1 is 1.14 bits per heavy atom. The van der Waals surface area contributed by atoms with Crippen LogP contribution in [0.1, 0.15) is 29.7 Å². The van der Waals surface area contributed by atoms with Crippen molar-refractivity contribution in [3.05, 3.63) is 66.7 Å². The molecule has 21 heavy (non-hydrogen) atoms. The smallest absolute Gasteiger partial charge is 0.0595 e. The van der Waals surface area contributed by atoms with Crippen molar-refractivity contribution in [2.45, 2.75) is 26.3 Å². The Bertz CT molecular complexity index is 628. The average Bonchev–Trinajstić information content (AvgIpc) is 2.45. The summed E-state index contributed by atoms with van der Waals surface area (Å²) in [4.78, 5) is 0. The average molecular weight is 434 g/mol. The van der Waals surface area contributed by atoms with Crippen LogP contribution in [0.15, 0.2) is 36.4 Å². The van der Waals surface area contributed by atoms with E-state index in [9.17, 15) is 0 Å². The first-order valence-corrected chi connectivity index (χ1v) is 8.78. The lowest BCUT2D eigenvalue weighted by molar-refractivity contribution is 0.547. The first-order valence-electron chi connectivity index (χ1n) is 6.95. The summed E-state index contributed by atoms with van der Waals surface area (Å²) >= 11 is 14.5. The van der Waals surface area contributed by atoms with E-state index in [4.69, 9.17) is 23.2 Å². The highest BCUT2D eigenvalue weighted by atomic mass is 127. The Hall–Kier alpha value is -0.290. The van der Waals surface area contributed by atoms with Crippen LogP contribution >= 0.6 is 45.8 Å². The van der Waals surface area contributed by atoms with Gasteiger partial charge in [-0.15, -0.1) is 0 Å². The van der Waals surface area contributed by atoms with Gasteiger partial charge in [0.15, 0.2) is 0 Å². The predicted octanol–water partition coefficient (Wildman–Crippen LogP) is 5.80. The number of benzene rings is 2. The maximum absolute atomic E-state index is 6.12. The van der Waals surface area contributed by atoms with Gasteiger partial charge in [-0.25, -0.2) is 0 Å². The number of halogens is 3. The zero-order valence-corrected chi connectivity index (χ0v) is 15.8. The van der Waals surface area contributed by atoms with Crippen molar-refractivity contribution in [2.75, 3.05) is 6.54 Å². The monoisotopic (exact) mass is 433 g/mol. The standard InChI is InChI=1S/C17H18Cl2IN/c1-3-21-16(13-6-4-5-11(2)17(13)20)10-12-7-8-14(18)15(19)9-12/h4-9,16,21H,3,10H2,1-2H3. The third-order valence-electron chi connectivity index (χ3n) is 3.47. The van der Waals surface area contributed by atoms with Gasteiger partial charge >= 0.3 is 0 Å². The van der Waals surface area contributed by atoms with Crippen LogP contribution in [0.3, 0.4) is 0 Å². The zero-order chi connectivity index (χ0) is 15.4. The quantitative estimate of drug-likeness (QED) is 0.587. The van der Waals surface area contributed by atoms with E-state index >= 15 is 0 Å². The minimum Gasteiger partial charge on any atom is -0.310 e. The third kappa shape index (κ3) is 4.35. The molecule has 0 heterocycles. The first-order chi connectivity index (χ1) is 10.0. The highest BCUT2D eigenvalue weighted by molar-refractivity contribution is 14.1. The third-order valence-corrected chi connectivity index (χ3v) is 5.68. The van der Waals surface area contributed by atoms with Crippen LogP contribution in [-0.4, -0.2) is 6.54 Å². The van der Waals surface area contributed by atoms with Crippen LogP contribution in [0.4, 0.5) is 0 Å². The molecular formula is C17H18Cl2IN. The zero-order valence-electron chi connectivity index (χ0n) is 12.1. The molecule has 2 aromatic carbocycles. The van der Waals surface area contributed by atoms with Crippen LogP contribution in [0.2, 0.25) is 10.0 Å². The SMILES string of the molecule is CCNC(Cc1ccc(Cl)c(Cl)c1)c1cccc(C)c1I. The fourth-order valence-electron chi connectivity index (χ4n) is 2.38. The number of hydrogen-bond acceptors (Lipinski definition) is 1. The lowest BCUT2D eigenvalue weighted by Crippen LogP contribution is -2.24. The minimum atomic E-state index is 0.277. The first kappa shape index (κ1) is 17.1. The molecule has 2 rings (SSSR count). The molecule has 0 spiro atoms. The van der Waals surface area contributed by atoms with Crippen molar-refractivity contribution in [1.82, 2.24) is 5.32 Å². The van der Waals surface area contributed by atoms with Gasteiger partial charge in [-0.05, 0) is 71.3 Å². The second kappa shape index (κ2) is 7.82. The van der Waals surface area contributed by atoms with Gasteiger partial charge in [0, 0.05) is 9.61 Å². The van der Waals surface area contributed by atoms with E-state index in [1.807, 2.05) is 18.2 Å². The summed E-state index contributed by atoms with van der Waals surface area (Å²) in [7, 11) is 0. The molecule has 0 saturated carbocycles. The molecule has 0 aliphatic carbocycles. The normalized spacial score (nSPS) is 12.4. The van der Waals surface area contributed by atoms with Crippen LogP contribution in [-0.2, 0) is 6.42 Å². The summed E-state index contributed by atoms with van der Waals surface area (Å²) in [6, 6.07) is 12.6. The molecule has 0 fully saturated rings. The maximum Gasteiger partial charge on any atom is 0.0595 e. The largest absolute Gasteiger partial charge is 0.310 e. The molecule has 0 aromatic heterocycles. The molecule has 0 amide bonds. The van der Waals surface area contributed by atoms with E-state index in [1.165, 1.54) is 20.3 Å². The number of rotatable bonds is 5. The van der Waals surface area contributed by atoms with E-state index in [1.54, 1.807) is 0 Å². The number of hydrogen-bond donors (Lipinski definition) is 1. The Labute approximate surface area is 150 Å². The van der Waals surface area contributed by atoms with Crippen LogP contribution in [0, 0.1) is 10.5 Å². The molecule has 1 unspecified atom stereocenters. The van der Waals surface area contributed by atoms with E-state index in [0.717, 1.165) is 13.0 Å². The second-order valence-electron chi connectivity index (χ2n) is 5.04. The highest BCUT2D eigenvalue weighted by Crippen LogP contribution is 2.28. The van der Waals surface area contributed by atoms with E-state index < -0.39 is 0 Å². The van der Waals surface area contributed by atoms with Crippen LogP contribution in [0.5, 0.6) is 0 Å². The fourth-order valence-corrected chi connectivity index (χ4v) is 3.44. The van der Waals surface area contributed by atoms with Gasteiger partial charge in [0.05, 0.1) is 10.0 Å². The molecule has 0 radical (unpaired) electrons. The summed E-state index contributed by atoms with van der Waals surface area (Å²) in [5, 5.41) is 4.79. The molecule has 0 saturated heterocycles. The summed E-state index contributed by atoms with van der Waals surface area (Å²) in [5.74, 6) is 0. The van der Waals surface area contributed by atoms with Crippen LogP contribution < -0.4 is 5.32 Å². The van der Waals surface area contributed by atoms with Gasteiger partial charge in [-0.3, -0.25) is 0 Å². The molecular weight excluding hydrogens is 416 g/mol. The van der Waals surface area contributed by atoms with E-state index in [0.29, 0.717) is 10.0 Å². The van der Waals surface area contributed by atoms with Gasteiger partial charge in [0.2, 0.25) is 0 Å². The molecule has 0 bridgehead atoms. The summed E-state index contributed by atoms with van der Waals surface area (Å²) < 4.78 is 1.32. The molecule has 1 atom stereocenters. The molecule has 0 aliphatic rings. The Balaban J connectivity index is 2.30. The van der Waals surface area contributed by atoms with Gasteiger partial charge in [0.25, 0.3) is 0 Å². The molecule has 2 aromatic rings. The van der Waals surface area contributed by atoms with Crippen molar-refractivity contribution in [2.24, 2.45) is 0 Å². The van der Waals surface area contributed by atoms with Gasteiger partial charge < -0.3 is 5.32 Å². The topological polar surface area (TPSA) is 12.0 Å². The number of nitrogens with one attached hydrogen (secondary N) is 1.